The van der Waals surface area contributed by atoms with Gasteiger partial charge in [-0.2, -0.15) is 0 Å². The lowest BCUT2D eigenvalue weighted by atomic mass is 10.2. The summed E-state index contributed by atoms with van der Waals surface area (Å²) < 4.78 is 5.39. The second-order valence-electron chi connectivity index (χ2n) is 4.25. The Balaban J connectivity index is 0.00000400. The fraction of sp³-hybridized carbons (Fsp3) is 0.385. The van der Waals surface area contributed by atoms with Crippen molar-refractivity contribution in [3.05, 3.63) is 28.9 Å². The van der Waals surface area contributed by atoms with Gasteiger partial charge in [-0.1, -0.05) is 11.6 Å². The number of nitrogens with one attached hydrogen (secondary N) is 2. The lowest BCUT2D eigenvalue weighted by Gasteiger charge is -2.10. The van der Waals surface area contributed by atoms with E-state index in [-0.39, 0.29) is 18.5 Å². The molecule has 1 aromatic rings. The molecule has 0 aliphatic carbocycles. The van der Waals surface area contributed by atoms with Crippen molar-refractivity contribution in [2.24, 2.45) is 0 Å². The standard InChI is InChI=1S/C13H18ClN3O3.ClH/c1-9(2)20-6-5-15-13-11(14)7-10(8-16-13)3-4-12(18)17-19;/h3-4,7-9,19H,5-6H2,1-2H3,(H,15,16)(H,17,18);1H/b4-3+;. The number of hydrogen-bond acceptors (Lipinski definition) is 5. The molecular weight excluding hydrogens is 317 g/mol. The van der Waals surface area contributed by atoms with Gasteiger partial charge in [0.05, 0.1) is 17.7 Å². The highest BCUT2D eigenvalue weighted by atomic mass is 35.5. The minimum absolute atomic E-state index is 0. The van der Waals surface area contributed by atoms with Gasteiger partial charge in [0.25, 0.3) is 5.91 Å². The van der Waals surface area contributed by atoms with E-state index in [4.69, 9.17) is 21.5 Å². The molecule has 0 aromatic carbocycles. The summed E-state index contributed by atoms with van der Waals surface area (Å²) in [6, 6.07) is 1.67. The molecule has 1 aromatic heterocycles. The normalized spacial score (nSPS) is 10.5. The fourth-order valence-corrected chi connectivity index (χ4v) is 1.59. The van der Waals surface area contributed by atoms with Gasteiger partial charge in [-0.15, -0.1) is 12.4 Å². The van der Waals surface area contributed by atoms with Gasteiger partial charge in [-0.3, -0.25) is 10.0 Å². The molecule has 0 spiro atoms. The van der Waals surface area contributed by atoms with Crippen LogP contribution in [0.3, 0.4) is 0 Å². The van der Waals surface area contributed by atoms with E-state index in [0.29, 0.717) is 29.6 Å². The third-order valence-corrected chi connectivity index (χ3v) is 2.53. The summed E-state index contributed by atoms with van der Waals surface area (Å²) in [5.74, 6) is -0.0584. The van der Waals surface area contributed by atoms with E-state index in [0.717, 1.165) is 0 Å². The van der Waals surface area contributed by atoms with Crippen molar-refractivity contribution in [3.63, 3.8) is 0 Å². The predicted octanol–water partition coefficient (Wildman–Crippen LogP) is 2.51. The van der Waals surface area contributed by atoms with Crippen LogP contribution in [-0.2, 0) is 9.53 Å². The minimum Gasteiger partial charge on any atom is -0.377 e. The van der Waals surface area contributed by atoms with Gasteiger partial charge in [0.1, 0.15) is 5.82 Å². The number of nitrogens with zero attached hydrogens (tertiary/aromatic N) is 1. The van der Waals surface area contributed by atoms with E-state index in [1.54, 1.807) is 12.3 Å². The third-order valence-electron chi connectivity index (χ3n) is 2.25. The van der Waals surface area contributed by atoms with Gasteiger partial charge >= 0.3 is 0 Å². The maximum atomic E-state index is 10.8. The molecule has 1 amide bonds. The lowest BCUT2D eigenvalue weighted by Crippen LogP contribution is -2.15. The maximum Gasteiger partial charge on any atom is 0.267 e. The molecule has 0 unspecified atom stereocenters. The van der Waals surface area contributed by atoms with E-state index in [1.165, 1.54) is 17.6 Å². The second-order valence-corrected chi connectivity index (χ2v) is 4.66. The fourth-order valence-electron chi connectivity index (χ4n) is 1.35. The topological polar surface area (TPSA) is 83.5 Å². The molecule has 0 fully saturated rings. The molecular formula is C13H19Cl2N3O3. The van der Waals surface area contributed by atoms with Crippen molar-refractivity contribution in [2.45, 2.75) is 20.0 Å². The smallest absolute Gasteiger partial charge is 0.267 e. The highest BCUT2D eigenvalue weighted by Gasteiger charge is 2.02. The van der Waals surface area contributed by atoms with Crippen LogP contribution in [0.2, 0.25) is 5.02 Å². The Labute approximate surface area is 134 Å². The molecule has 0 bridgehead atoms. The number of pyridine rings is 1. The number of hydrogen-bond donors (Lipinski definition) is 3. The Bertz CT molecular complexity index is 482. The van der Waals surface area contributed by atoms with Gasteiger partial charge < -0.3 is 10.1 Å². The largest absolute Gasteiger partial charge is 0.377 e. The molecule has 3 N–H and O–H groups in total. The number of aromatic nitrogens is 1. The van der Waals surface area contributed by atoms with E-state index < -0.39 is 5.91 Å². The summed E-state index contributed by atoms with van der Waals surface area (Å²) in [5.41, 5.74) is 2.15. The molecule has 0 aliphatic rings. The first kappa shape index (κ1) is 19.7. The second kappa shape index (κ2) is 10.4. The first-order valence-corrected chi connectivity index (χ1v) is 6.54. The van der Waals surface area contributed by atoms with E-state index >= 15 is 0 Å². The van der Waals surface area contributed by atoms with E-state index in [2.05, 4.69) is 10.3 Å². The average molecular weight is 336 g/mol. The molecule has 118 valence electrons. The Morgan fingerprint density at radius 1 is 1.57 bits per heavy atom. The molecule has 1 heterocycles. The lowest BCUT2D eigenvalue weighted by molar-refractivity contribution is -0.124. The molecule has 1 rings (SSSR count). The Morgan fingerprint density at radius 3 is 2.86 bits per heavy atom. The van der Waals surface area contributed by atoms with Crippen LogP contribution in [-0.4, -0.2) is 35.4 Å². The summed E-state index contributed by atoms with van der Waals surface area (Å²) >= 11 is 6.07. The van der Waals surface area contributed by atoms with E-state index in [9.17, 15) is 4.79 Å². The first-order chi connectivity index (χ1) is 9.52. The number of rotatable bonds is 7. The van der Waals surface area contributed by atoms with Gasteiger partial charge in [-0.05, 0) is 31.6 Å². The number of hydroxylamine groups is 1. The van der Waals surface area contributed by atoms with Crippen molar-refractivity contribution in [1.82, 2.24) is 10.5 Å². The molecule has 0 atom stereocenters. The van der Waals surface area contributed by atoms with Crippen LogP contribution in [0, 0.1) is 0 Å². The van der Waals surface area contributed by atoms with Gasteiger partial charge in [0.15, 0.2) is 0 Å². The zero-order valence-electron chi connectivity index (χ0n) is 11.8. The zero-order valence-corrected chi connectivity index (χ0v) is 13.4. The Hall–Kier alpha value is -1.34. The summed E-state index contributed by atoms with van der Waals surface area (Å²) in [6.07, 6.45) is 4.43. The van der Waals surface area contributed by atoms with Crippen LogP contribution < -0.4 is 10.8 Å². The molecule has 21 heavy (non-hydrogen) atoms. The molecule has 0 aliphatic heterocycles. The predicted molar refractivity (Wildman–Crippen MR) is 85.0 cm³/mol. The summed E-state index contributed by atoms with van der Waals surface area (Å²) in [7, 11) is 0. The highest BCUT2D eigenvalue weighted by molar-refractivity contribution is 6.33. The maximum absolute atomic E-state index is 10.8. The molecule has 0 saturated heterocycles. The molecule has 0 saturated carbocycles. The van der Waals surface area contributed by atoms with Crippen LogP contribution in [0.25, 0.3) is 6.08 Å². The van der Waals surface area contributed by atoms with Gasteiger partial charge in [-0.25, -0.2) is 10.5 Å². The minimum atomic E-state index is -0.617. The molecule has 6 nitrogen and oxygen atoms in total. The van der Waals surface area contributed by atoms with Gasteiger partial charge in [0, 0.05) is 18.8 Å². The molecule has 8 heteroatoms. The monoisotopic (exact) mass is 335 g/mol. The first-order valence-electron chi connectivity index (χ1n) is 6.16. The van der Waals surface area contributed by atoms with Crippen molar-refractivity contribution in [1.29, 1.82) is 0 Å². The summed E-state index contributed by atoms with van der Waals surface area (Å²) in [4.78, 5) is 15.0. The van der Waals surface area contributed by atoms with Crippen molar-refractivity contribution in [3.8, 4) is 0 Å². The number of amides is 1. The number of anilines is 1. The van der Waals surface area contributed by atoms with Crippen LogP contribution in [0.4, 0.5) is 5.82 Å². The summed E-state index contributed by atoms with van der Waals surface area (Å²) in [6.45, 7) is 5.10. The highest BCUT2D eigenvalue weighted by Crippen LogP contribution is 2.20. The molecule has 0 radical (unpaired) electrons. The van der Waals surface area contributed by atoms with Crippen LogP contribution >= 0.6 is 24.0 Å². The SMILES string of the molecule is CC(C)OCCNc1ncc(/C=C/C(=O)NO)cc1Cl.Cl. The van der Waals surface area contributed by atoms with Crippen LogP contribution in [0.1, 0.15) is 19.4 Å². The quantitative estimate of drug-likeness (QED) is 0.308. The third kappa shape index (κ3) is 7.87. The average Bonchev–Trinajstić information content (AvgIpc) is 2.42. The number of halogens is 2. The van der Waals surface area contributed by atoms with Crippen molar-refractivity contribution >= 4 is 41.8 Å². The van der Waals surface area contributed by atoms with Crippen molar-refractivity contribution < 1.29 is 14.7 Å². The number of carbonyl (C=O) groups excluding carboxylic acids is 1. The zero-order chi connectivity index (χ0) is 15.0. The van der Waals surface area contributed by atoms with Crippen molar-refractivity contribution in [2.75, 3.05) is 18.5 Å². The summed E-state index contributed by atoms with van der Waals surface area (Å²) in [5, 5.41) is 11.9. The Morgan fingerprint density at radius 2 is 2.29 bits per heavy atom. The van der Waals surface area contributed by atoms with Crippen LogP contribution in [0.15, 0.2) is 18.3 Å². The number of ether oxygens (including phenoxy) is 1. The van der Waals surface area contributed by atoms with Crippen LogP contribution in [0.5, 0.6) is 0 Å². The van der Waals surface area contributed by atoms with Gasteiger partial charge in [0.2, 0.25) is 0 Å². The number of carbonyl (C=O) groups is 1. The van der Waals surface area contributed by atoms with E-state index in [1.807, 2.05) is 13.8 Å². The Kier molecular flexibility index (Phi) is 9.73.